The van der Waals surface area contributed by atoms with Gasteiger partial charge in [-0.25, -0.2) is 4.79 Å². The number of carbonyl (C=O) groups excluding carboxylic acids is 2. The van der Waals surface area contributed by atoms with Crippen LogP contribution in [-0.4, -0.2) is 25.1 Å². The third-order valence-corrected chi connectivity index (χ3v) is 4.12. The molecule has 0 fully saturated rings. The van der Waals surface area contributed by atoms with Crippen molar-refractivity contribution in [1.82, 2.24) is 10.6 Å². The van der Waals surface area contributed by atoms with Crippen LogP contribution in [0, 0.1) is 0 Å². The number of hydrogen-bond donors (Lipinski definition) is 2. The van der Waals surface area contributed by atoms with Crippen LogP contribution in [0.1, 0.15) is 18.1 Å². The number of carbonyl (C=O) groups is 2. The summed E-state index contributed by atoms with van der Waals surface area (Å²) in [5.74, 6) is 0.588. The number of hydrogen-bond acceptors (Lipinski definition) is 3. The normalized spacial score (nSPS) is 16.0. The first-order chi connectivity index (χ1) is 12.0. The number of anilines is 1. The van der Waals surface area contributed by atoms with E-state index in [0.717, 1.165) is 11.1 Å². The van der Waals surface area contributed by atoms with Crippen LogP contribution >= 0.6 is 0 Å². The maximum Gasteiger partial charge on any atom is 0.315 e. The third-order valence-electron chi connectivity index (χ3n) is 4.12. The summed E-state index contributed by atoms with van der Waals surface area (Å²) in [6.45, 7) is 2.57. The number of urea groups is 1. The average Bonchev–Trinajstić information content (AvgIpc) is 2.64. The lowest BCUT2D eigenvalue weighted by atomic mass is 10.1. The Balaban J connectivity index is 1.57. The summed E-state index contributed by atoms with van der Waals surface area (Å²) < 4.78 is 5.59. The van der Waals surface area contributed by atoms with Gasteiger partial charge in [0.15, 0.2) is 6.10 Å². The molecule has 1 heterocycles. The Labute approximate surface area is 146 Å². The van der Waals surface area contributed by atoms with Crippen LogP contribution < -0.4 is 20.3 Å². The van der Waals surface area contributed by atoms with E-state index in [2.05, 4.69) is 10.6 Å². The SMILES string of the molecule is CC1Oc2ccc(CNC(=O)NCc3ccccc3)cc2N(C)C1=O. The Morgan fingerprint density at radius 1 is 1.08 bits per heavy atom. The molecule has 2 aromatic carbocycles. The van der Waals surface area contributed by atoms with Gasteiger partial charge in [0, 0.05) is 20.1 Å². The first-order valence-corrected chi connectivity index (χ1v) is 8.17. The topological polar surface area (TPSA) is 70.7 Å². The summed E-state index contributed by atoms with van der Waals surface area (Å²) in [6, 6.07) is 15.0. The Kier molecular flexibility index (Phi) is 4.88. The lowest BCUT2D eigenvalue weighted by Crippen LogP contribution is -2.42. The van der Waals surface area contributed by atoms with Crippen LogP contribution in [0.4, 0.5) is 10.5 Å². The second-order valence-corrected chi connectivity index (χ2v) is 5.98. The molecular formula is C19H21N3O3. The van der Waals surface area contributed by atoms with E-state index in [1.807, 2.05) is 48.5 Å². The predicted octanol–water partition coefficient (Wildman–Crippen LogP) is 2.43. The standard InChI is InChI=1S/C19H21N3O3/c1-13-18(23)22(2)16-10-15(8-9-17(16)25-13)12-21-19(24)20-11-14-6-4-3-5-7-14/h3-10,13H,11-12H2,1-2H3,(H2,20,21,24). The minimum atomic E-state index is -0.481. The Hall–Kier alpha value is -3.02. The molecule has 1 aliphatic heterocycles. The van der Waals surface area contributed by atoms with Crippen LogP contribution in [0.2, 0.25) is 0 Å². The van der Waals surface area contributed by atoms with Crippen molar-refractivity contribution in [2.75, 3.05) is 11.9 Å². The second-order valence-electron chi connectivity index (χ2n) is 5.98. The molecule has 0 aliphatic carbocycles. The zero-order valence-electron chi connectivity index (χ0n) is 14.3. The number of fused-ring (bicyclic) bond motifs is 1. The molecule has 130 valence electrons. The van der Waals surface area contributed by atoms with Crippen molar-refractivity contribution in [2.45, 2.75) is 26.1 Å². The van der Waals surface area contributed by atoms with Crippen LogP contribution in [0.25, 0.3) is 0 Å². The number of amides is 3. The molecule has 0 spiro atoms. The van der Waals surface area contributed by atoms with Crippen molar-refractivity contribution in [3.8, 4) is 5.75 Å². The van der Waals surface area contributed by atoms with E-state index < -0.39 is 6.10 Å². The molecule has 1 atom stereocenters. The first kappa shape index (κ1) is 16.8. The molecule has 1 aliphatic rings. The summed E-state index contributed by atoms with van der Waals surface area (Å²) in [7, 11) is 1.73. The Morgan fingerprint density at radius 3 is 2.48 bits per heavy atom. The molecule has 0 saturated carbocycles. The molecule has 3 amide bonds. The summed E-state index contributed by atoms with van der Waals surface area (Å²) in [5.41, 5.74) is 2.65. The number of ether oxygens (including phenoxy) is 1. The predicted molar refractivity (Wildman–Crippen MR) is 95.5 cm³/mol. The van der Waals surface area contributed by atoms with E-state index >= 15 is 0 Å². The van der Waals surface area contributed by atoms with Crippen molar-refractivity contribution in [3.63, 3.8) is 0 Å². The number of rotatable bonds is 4. The van der Waals surface area contributed by atoms with Crippen LogP contribution in [0.5, 0.6) is 5.75 Å². The average molecular weight is 339 g/mol. The van der Waals surface area contributed by atoms with Crippen LogP contribution in [0.3, 0.4) is 0 Å². The third kappa shape index (κ3) is 3.91. The number of likely N-dealkylation sites (N-methyl/N-ethyl adjacent to an activating group) is 1. The van der Waals surface area contributed by atoms with Gasteiger partial charge >= 0.3 is 6.03 Å². The molecule has 6 heteroatoms. The van der Waals surface area contributed by atoms with Crippen molar-refractivity contribution < 1.29 is 14.3 Å². The summed E-state index contributed by atoms with van der Waals surface area (Å²) in [6.07, 6.45) is -0.481. The molecule has 2 N–H and O–H groups in total. The van der Waals surface area contributed by atoms with Crippen molar-refractivity contribution in [1.29, 1.82) is 0 Å². The van der Waals surface area contributed by atoms with Crippen molar-refractivity contribution in [3.05, 3.63) is 59.7 Å². The minimum absolute atomic E-state index is 0.0850. The quantitative estimate of drug-likeness (QED) is 0.899. The molecule has 0 saturated heterocycles. The zero-order valence-corrected chi connectivity index (χ0v) is 14.3. The van der Waals surface area contributed by atoms with Gasteiger partial charge in [0.25, 0.3) is 5.91 Å². The van der Waals surface area contributed by atoms with Crippen molar-refractivity contribution in [2.24, 2.45) is 0 Å². The summed E-state index contributed by atoms with van der Waals surface area (Å²) in [5, 5.41) is 5.63. The number of nitrogens with one attached hydrogen (secondary N) is 2. The van der Waals surface area contributed by atoms with Gasteiger partial charge in [0.1, 0.15) is 5.75 Å². The summed E-state index contributed by atoms with van der Waals surface area (Å²) in [4.78, 5) is 25.5. The van der Waals surface area contributed by atoms with E-state index in [9.17, 15) is 9.59 Å². The van der Waals surface area contributed by atoms with Crippen molar-refractivity contribution >= 4 is 17.6 Å². The molecular weight excluding hydrogens is 318 g/mol. The van der Waals surface area contributed by atoms with E-state index in [1.165, 1.54) is 0 Å². The number of benzene rings is 2. The molecule has 1 unspecified atom stereocenters. The first-order valence-electron chi connectivity index (χ1n) is 8.17. The lowest BCUT2D eigenvalue weighted by Gasteiger charge is -2.30. The van der Waals surface area contributed by atoms with E-state index in [-0.39, 0.29) is 11.9 Å². The van der Waals surface area contributed by atoms with Gasteiger partial charge in [-0.3, -0.25) is 4.79 Å². The fourth-order valence-corrected chi connectivity index (χ4v) is 2.69. The second kappa shape index (κ2) is 7.25. The highest BCUT2D eigenvalue weighted by atomic mass is 16.5. The fourth-order valence-electron chi connectivity index (χ4n) is 2.69. The fraction of sp³-hybridized carbons (Fsp3) is 0.263. The Bertz CT molecular complexity index is 777. The maximum absolute atomic E-state index is 12.0. The summed E-state index contributed by atoms with van der Waals surface area (Å²) >= 11 is 0. The minimum Gasteiger partial charge on any atom is -0.479 e. The van der Waals surface area contributed by atoms with Gasteiger partial charge < -0.3 is 20.3 Å². The van der Waals surface area contributed by atoms with Crippen LogP contribution in [-0.2, 0) is 17.9 Å². The van der Waals surface area contributed by atoms with Gasteiger partial charge in [-0.2, -0.15) is 0 Å². The molecule has 0 bridgehead atoms. The highest BCUT2D eigenvalue weighted by Crippen LogP contribution is 2.33. The molecule has 3 rings (SSSR count). The van der Waals surface area contributed by atoms with Gasteiger partial charge in [-0.15, -0.1) is 0 Å². The van der Waals surface area contributed by atoms with E-state index in [4.69, 9.17) is 4.74 Å². The van der Waals surface area contributed by atoms with E-state index in [1.54, 1.807) is 18.9 Å². The van der Waals surface area contributed by atoms with Gasteiger partial charge in [0.05, 0.1) is 5.69 Å². The Morgan fingerprint density at radius 2 is 1.76 bits per heavy atom. The maximum atomic E-state index is 12.0. The highest BCUT2D eigenvalue weighted by Gasteiger charge is 2.28. The lowest BCUT2D eigenvalue weighted by molar-refractivity contribution is -0.125. The van der Waals surface area contributed by atoms with Crippen LogP contribution in [0.15, 0.2) is 48.5 Å². The zero-order chi connectivity index (χ0) is 17.8. The smallest absolute Gasteiger partial charge is 0.315 e. The van der Waals surface area contributed by atoms with Gasteiger partial charge in [-0.1, -0.05) is 36.4 Å². The molecule has 0 aromatic heterocycles. The molecule has 2 aromatic rings. The monoisotopic (exact) mass is 339 g/mol. The largest absolute Gasteiger partial charge is 0.479 e. The van der Waals surface area contributed by atoms with E-state index in [0.29, 0.717) is 24.5 Å². The molecule has 6 nitrogen and oxygen atoms in total. The molecule has 0 radical (unpaired) electrons. The highest BCUT2D eigenvalue weighted by molar-refractivity contribution is 5.99. The van der Waals surface area contributed by atoms with Gasteiger partial charge in [-0.05, 0) is 30.2 Å². The van der Waals surface area contributed by atoms with Gasteiger partial charge in [0.2, 0.25) is 0 Å². The number of nitrogens with zero attached hydrogens (tertiary/aromatic N) is 1. The molecule has 25 heavy (non-hydrogen) atoms.